The van der Waals surface area contributed by atoms with Crippen LogP contribution >= 0.6 is 15.9 Å². The molecule has 29 heavy (non-hydrogen) atoms. The normalized spacial score (nSPS) is 12.2. The molecule has 0 aromatic heterocycles. The summed E-state index contributed by atoms with van der Waals surface area (Å²) in [6, 6.07) is 16.3. The third-order valence-electron chi connectivity index (χ3n) is 4.43. The number of ether oxygens (including phenoxy) is 1. The molecule has 0 spiro atoms. The molecule has 0 saturated heterocycles. The first-order valence-corrected chi connectivity index (χ1v) is 11.0. The summed E-state index contributed by atoms with van der Waals surface area (Å²) in [6.07, 6.45) is 0. The Hall–Kier alpha value is -2.22. The zero-order valence-electron chi connectivity index (χ0n) is 16.4. The third kappa shape index (κ3) is 4.52. The SMILES string of the molecule is COc1c(C(=O)O)cc([S+]([O-])N(CC(C)C)c2ccc(Br)cc2)c2ccccc12. The zero-order chi connectivity index (χ0) is 21.1. The number of anilines is 1. The maximum absolute atomic E-state index is 13.7. The summed E-state index contributed by atoms with van der Waals surface area (Å²) >= 11 is 1.82. The van der Waals surface area contributed by atoms with Crippen LogP contribution in [0.1, 0.15) is 24.2 Å². The van der Waals surface area contributed by atoms with Gasteiger partial charge in [-0.05, 0) is 36.2 Å². The molecule has 3 rings (SSSR count). The highest BCUT2D eigenvalue weighted by molar-refractivity contribution is 9.10. The van der Waals surface area contributed by atoms with Crippen molar-refractivity contribution in [2.45, 2.75) is 18.7 Å². The van der Waals surface area contributed by atoms with Gasteiger partial charge in [0.15, 0.2) is 4.90 Å². The molecule has 0 fully saturated rings. The number of hydrogen-bond acceptors (Lipinski definition) is 4. The van der Waals surface area contributed by atoms with Crippen LogP contribution in [0.2, 0.25) is 0 Å². The van der Waals surface area contributed by atoms with E-state index in [1.54, 1.807) is 10.4 Å². The van der Waals surface area contributed by atoms with E-state index in [0.29, 0.717) is 22.2 Å². The lowest BCUT2D eigenvalue weighted by molar-refractivity contribution is 0.0693. The number of carbonyl (C=O) groups is 1. The highest BCUT2D eigenvalue weighted by atomic mass is 79.9. The van der Waals surface area contributed by atoms with E-state index in [9.17, 15) is 14.5 Å². The zero-order valence-corrected chi connectivity index (χ0v) is 18.8. The summed E-state index contributed by atoms with van der Waals surface area (Å²) < 4.78 is 21.9. The molecule has 1 atom stereocenters. The summed E-state index contributed by atoms with van der Waals surface area (Å²) in [5, 5.41) is 11.0. The number of rotatable bonds is 7. The number of benzene rings is 3. The monoisotopic (exact) mass is 475 g/mol. The lowest BCUT2D eigenvalue weighted by Crippen LogP contribution is -2.34. The van der Waals surface area contributed by atoms with Gasteiger partial charge in [0.2, 0.25) is 0 Å². The van der Waals surface area contributed by atoms with Gasteiger partial charge in [-0.25, -0.2) is 4.79 Å². The molecular weight excluding hydrogens is 454 g/mol. The van der Waals surface area contributed by atoms with Crippen molar-refractivity contribution in [3.63, 3.8) is 0 Å². The molecule has 5 nitrogen and oxygen atoms in total. The van der Waals surface area contributed by atoms with Gasteiger partial charge in [0.1, 0.15) is 22.7 Å². The smallest absolute Gasteiger partial charge is 0.339 e. The molecule has 3 aromatic carbocycles. The fraction of sp³-hybridized carbons (Fsp3) is 0.227. The van der Waals surface area contributed by atoms with E-state index in [1.807, 2.05) is 42.5 Å². The van der Waals surface area contributed by atoms with Gasteiger partial charge in [-0.15, -0.1) is 0 Å². The number of halogens is 1. The van der Waals surface area contributed by atoms with Crippen LogP contribution < -0.4 is 9.04 Å². The van der Waals surface area contributed by atoms with Crippen LogP contribution in [0, 0.1) is 5.92 Å². The van der Waals surface area contributed by atoms with Crippen LogP contribution in [-0.2, 0) is 11.4 Å². The molecule has 0 aliphatic heterocycles. The first kappa shape index (κ1) is 21.5. The van der Waals surface area contributed by atoms with E-state index in [2.05, 4.69) is 29.8 Å². The fourth-order valence-electron chi connectivity index (χ4n) is 3.17. The molecule has 0 aliphatic carbocycles. The molecule has 7 heteroatoms. The predicted octanol–water partition coefficient (Wildman–Crippen LogP) is 5.49. The van der Waals surface area contributed by atoms with Gasteiger partial charge in [0.25, 0.3) is 0 Å². The Bertz CT molecular complexity index is 1020. The average Bonchev–Trinajstić information content (AvgIpc) is 2.70. The molecule has 0 radical (unpaired) electrons. The van der Waals surface area contributed by atoms with Crippen molar-refractivity contribution < 1.29 is 19.2 Å². The fourth-order valence-corrected chi connectivity index (χ4v) is 5.00. The Morgan fingerprint density at radius 2 is 1.79 bits per heavy atom. The van der Waals surface area contributed by atoms with Gasteiger partial charge in [0, 0.05) is 21.3 Å². The van der Waals surface area contributed by atoms with E-state index < -0.39 is 17.3 Å². The Balaban J connectivity index is 2.21. The van der Waals surface area contributed by atoms with E-state index in [4.69, 9.17) is 4.74 Å². The molecule has 0 aliphatic rings. The minimum Gasteiger partial charge on any atom is -0.588 e. The van der Waals surface area contributed by atoms with Crippen LogP contribution in [0.25, 0.3) is 10.8 Å². The van der Waals surface area contributed by atoms with Gasteiger partial charge in [0.05, 0.1) is 19.3 Å². The van der Waals surface area contributed by atoms with Crippen molar-refractivity contribution in [3.8, 4) is 5.75 Å². The quantitative estimate of drug-likeness (QED) is 0.457. The Labute approximate surface area is 181 Å². The van der Waals surface area contributed by atoms with Crippen molar-refractivity contribution in [2.24, 2.45) is 5.92 Å². The van der Waals surface area contributed by atoms with E-state index >= 15 is 0 Å². The Kier molecular flexibility index (Phi) is 6.72. The van der Waals surface area contributed by atoms with Crippen molar-refractivity contribution in [3.05, 3.63) is 64.6 Å². The molecule has 0 saturated carbocycles. The lowest BCUT2D eigenvalue weighted by atomic mass is 10.1. The van der Waals surface area contributed by atoms with Crippen LogP contribution in [0.4, 0.5) is 5.69 Å². The summed E-state index contributed by atoms with van der Waals surface area (Å²) in [4.78, 5) is 12.3. The Morgan fingerprint density at radius 1 is 1.17 bits per heavy atom. The summed E-state index contributed by atoms with van der Waals surface area (Å²) in [6.45, 7) is 4.66. The number of aromatic carboxylic acids is 1. The third-order valence-corrected chi connectivity index (χ3v) is 6.43. The van der Waals surface area contributed by atoms with Crippen LogP contribution in [0.15, 0.2) is 64.0 Å². The van der Waals surface area contributed by atoms with Crippen molar-refractivity contribution >= 4 is 49.7 Å². The first-order valence-electron chi connectivity index (χ1n) is 9.11. The van der Waals surface area contributed by atoms with Crippen molar-refractivity contribution in [1.29, 1.82) is 0 Å². The standard InChI is InChI=1S/C22H22BrNO4S/c1-14(2)13-24(16-10-8-15(23)9-11-16)29(27)20-12-19(22(25)26)21(28-3)18-7-5-4-6-17(18)20/h4-12,14H,13H2,1-3H3,(H,25,26). The average molecular weight is 476 g/mol. The molecule has 3 aromatic rings. The van der Waals surface area contributed by atoms with Gasteiger partial charge in [-0.1, -0.05) is 48.0 Å². The highest BCUT2D eigenvalue weighted by Crippen LogP contribution is 2.37. The maximum Gasteiger partial charge on any atom is 0.339 e. The number of methoxy groups -OCH3 is 1. The van der Waals surface area contributed by atoms with E-state index in [-0.39, 0.29) is 17.2 Å². The Morgan fingerprint density at radius 3 is 2.34 bits per heavy atom. The predicted molar refractivity (Wildman–Crippen MR) is 120 cm³/mol. The molecule has 1 N–H and O–H groups in total. The van der Waals surface area contributed by atoms with Gasteiger partial charge in [-0.2, -0.15) is 4.31 Å². The second kappa shape index (κ2) is 9.07. The van der Waals surface area contributed by atoms with Crippen LogP contribution in [0.3, 0.4) is 0 Å². The van der Waals surface area contributed by atoms with Gasteiger partial charge in [-0.3, -0.25) is 0 Å². The second-order valence-electron chi connectivity index (χ2n) is 6.99. The van der Waals surface area contributed by atoms with Crippen LogP contribution in [-0.4, -0.2) is 29.3 Å². The van der Waals surface area contributed by atoms with Gasteiger partial charge >= 0.3 is 5.97 Å². The van der Waals surface area contributed by atoms with Crippen LogP contribution in [0.5, 0.6) is 5.75 Å². The number of carboxylic acids is 1. The van der Waals surface area contributed by atoms with E-state index in [1.165, 1.54) is 13.2 Å². The minimum atomic E-state index is -1.61. The summed E-state index contributed by atoms with van der Waals surface area (Å²) in [5.74, 6) is -0.594. The van der Waals surface area contributed by atoms with Gasteiger partial charge < -0.3 is 14.4 Å². The van der Waals surface area contributed by atoms with E-state index in [0.717, 1.165) is 10.2 Å². The molecule has 0 bridgehead atoms. The maximum atomic E-state index is 13.7. The highest BCUT2D eigenvalue weighted by Gasteiger charge is 2.29. The number of hydrogen-bond donors (Lipinski definition) is 1. The number of carboxylic acid groups (broad SMARTS) is 1. The molecule has 1 unspecified atom stereocenters. The largest absolute Gasteiger partial charge is 0.588 e. The lowest BCUT2D eigenvalue weighted by Gasteiger charge is -2.28. The first-order chi connectivity index (χ1) is 13.8. The molecule has 0 amide bonds. The molecular formula is C22H22BrNO4S. The topological polar surface area (TPSA) is 72.8 Å². The number of fused-ring (bicyclic) bond motifs is 1. The second-order valence-corrected chi connectivity index (χ2v) is 9.28. The minimum absolute atomic E-state index is 0.00477. The molecule has 152 valence electrons. The molecule has 0 heterocycles. The summed E-state index contributed by atoms with van der Waals surface area (Å²) in [5.41, 5.74) is 0.798. The summed E-state index contributed by atoms with van der Waals surface area (Å²) in [7, 11) is 1.44. The van der Waals surface area contributed by atoms with Crippen molar-refractivity contribution in [1.82, 2.24) is 0 Å². The number of nitrogens with zero attached hydrogens (tertiary/aromatic N) is 1. The van der Waals surface area contributed by atoms with Crippen molar-refractivity contribution in [2.75, 3.05) is 18.0 Å².